The van der Waals surface area contributed by atoms with Crippen molar-refractivity contribution < 1.29 is 19.1 Å². The molecule has 0 saturated carbocycles. The first-order valence-electron chi connectivity index (χ1n) is 16.9. The average Bonchev–Trinajstić information content (AvgIpc) is 3.20. The number of carboxylic acid groups (broad SMARTS) is 1. The molecular formula is C38H50FN9O3. The molecule has 51 heavy (non-hydrogen) atoms. The molecule has 4 aromatic rings. The lowest BCUT2D eigenvalue weighted by Gasteiger charge is -2.22. The first-order chi connectivity index (χ1) is 24.3. The number of primary amides is 1. The second-order valence-electron chi connectivity index (χ2n) is 13.3. The number of benzene rings is 2. The normalized spacial score (nSPS) is 12.8. The first kappa shape index (κ1) is 40.0. The summed E-state index contributed by atoms with van der Waals surface area (Å²) in [5.41, 5.74) is 7.94. The maximum absolute atomic E-state index is 13.8. The summed E-state index contributed by atoms with van der Waals surface area (Å²) in [6, 6.07) is 15.5. The van der Waals surface area contributed by atoms with Crippen LogP contribution in [-0.2, 0) is 16.1 Å². The second-order valence-corrected chi connectivity index (χ2v) is 13.3. The highest BCUT2D eigenvalue weighted by Crippen LogP contribution is 2.32. The monoisotopic (exact) mass is 699 g/mol. The molecule has 13 heteroatoms. The smallest absolute Gasteiger partial charge is 0.308 e. The topological polar surface area (TPSA) is 184 Å². The van der Waals surface area contributed by atoms with E-state index >= 15 is 0 Å². The number of pyridine rings is 1. The fraction of sp³-hybridized carbons (Fsp3) is 0.368. The lowest BCUT2D eigenvalue weighted by molar-refractivity contribution is -0.145. The Morgan fingerprint density at radius 3 is 2.45 bits per heavy atom. The number of carbonyl (C=O) groups is 2. The quantitative estimate of drug-likeness (QED) is 0.101. The number of carboxylic acids is 1. The fourth-order valence-corrected chi connectivity index (χ4v) is 5.13. The van der Waals surface area contributed by atoms with E-state index in [4.69, 9.17) is 19.9 Å². The van der Waals surface area contributed by atoms with Crippen molar-refractivity contribution in [3.63, 3.8) is 0 Å². The molecule has 272 valence electrons. The zero-order valence-corrected chi connectivity index (χ0v) is 30.0. The summed E-state index contributed by atoms with van der Waals surface area (Å²) in [5.74, 6) is 0.801. The maximum Gasteiger partial charge on any atom is 0.308 e. The van der Waals surface area contributed by atoms with Crippen LogP contribution in [0.3, 0.4) is 0 Å². The minimum atomic E-state index is -0.757. The van der Waals surface area contributed by atoms with Crippen molar-refractivity contribution in [1.29, 1.82) is 0 Å². The van der Waals surface area contributed by atoms with Crippen LogP contribution in [0.5, 0.6) is 0 Å². The zero-order valence-electron chi connectivity index (χ0n) is 30.0. The molecular weight excluding hydrogens is 649 g/mol. The third-order valence-corrected chi connectivity index (χ3v) is 8.09. The Kier molecular flexibility index (Phi) is 15.4. The van der Waals surface area contributed by atoms with E-state index in [9.17, 15) is 9.18 Å². The van der Waals surface area contributed by atoms with Gasteiger partial charge in [-0.05, 0) is 81.6 Å². The number of nitrogens with one attached hydrogen (secondary N) is 4. The Morgan fingerprint density at radius 1 is 1.12 bits per heavy atom. The Balaban J connectivity index is 0.000000620. The number of aromatic amines is 1. The lowest BCUT2D eigenvalue weighted by atomic mass is 9.98. The van der Waals surface area contributed by atoms with Crippen LogP contribution in [-0.4, -0.2) is 62.3 Å². The van der Waals surface area contributed by atoms with Gasteiger partial charge in [-0.3, -0.25) is 19.7 Å². The van der Waals surface area contributed by atoms with Crippen LogP contribution in [0.25, 0.3) is 27.9 Å². The highest BCUT2D eigenvalue weighted by Gasteiger charge is 2.19. The van der Waals surface area contributed by atoms with E-state index in [1.165, 1.54) is 6.33 Å². The molecule has 2 aromatic heterocycles. The van der Waals surface area contributed by atoms with Crippen molar-refractivity contribution in [3.8, 4) is 11.3 Å². The predicted octanol–water partition coefficient (Wildman–Crippen LogP) is 6.85. The minimum Gasteiger partial charge on any atom is -0.481 e. The average molecular weight is 700 g/mol. The van der Waals surface area contributed by atoms with Gasteiger partial charge in [-0.2, -0.15) is 15.1 Å². The molecule has 3 heterocycles. The van der Waals surface area contributed by atoms with Gasteiger partial charge in [0.1, 0.15) is 18.0 Å². The number of halogens is 1. The number of aromatic nitrogens is 5. The van der Waals surface area contributed by atoms with Crippen LogP contribution in [0.4, 0.5) is 16.2 Å². The molecule has 2 aromatic carbocycles. The number of hydrogen-bond acceptors (Lipinski definition) is 9. The summed E-state index contributed by atoms with van der Waals surface area (Å²) in [5, 5.41) is 27.7. The number of rotatable bonds is 9. The van der Waals surface area contributed by atoms with E-state index in [2.05, 4.69) is 69.4 Å². The Morgan fingerprint density at radius 2 is 1.80 bits per heavy atom. The molecule has 0 spiro atoms. The minimum absolute atomic E-state index is 0.183. The van der Waals surface area contributed by atoms with Crippen LogP contribution >= 0.6 is 0 Å². The number of H-pyrrole nitrogens is 1. The lowest BCUT2D eigenvalue weighted by Crippen LogP contribution is -2.31. The number of piperidine rings is 1. The highest BCUT2D eigenvalue weighted by atomic mass is 19.1. The molecule has 0 atom stereocenters. The van der Waals surface area contributed by atoms with Crippen LogP contribution in [0.15, 0.2) is 73.8 Å². The molecule has 1 aliphatic rings. The fourth-order valence-electron chi connectivity index (χ4n) is 5.13. The van der Waals surface area contributed by atoms with E-state index in [1.54, 1.807) is 33.0 Å². The van der Waals surface area contributed by atoms with Crippen molar-refractivity contribution in [2.24, 2.45) is 17.1 Å². The number of carbonyl (C=O) groups excluding carboxylic acids is 1. The Hall–Kier alpha value is -5.43. The first-order valence-corrected chi connectivity index (χ1v) is 16.9. The van der Waals surface area contributed by atoms with Gasteiger partial charge in [0.15, 0.2) is 0 Å². The number of hydrogen-bond donors (Lipinski definition) is 6. The maximum atomic E-state index is 13.8. The molecule has 1 fully saturated rings. The number of fused-ring (bicyclic) bond motifs is 1. The zero-order chi connectivity index (χ0) is 37.4. The van der Waals surface area contributed by atoms with E-state index in [0.29, 0.717) is 24.0 Å². The van der Waals surface area contributed by atoms with Crippen LogP contribution in [0, 0.1) is 11.3 Å². The summed E-state index contributed by atoms with van der Waals surface area (Å²) >= 11 is 0. The van der Waals surface area contributed by atoms with E-state index in [-0.39, 0.29) is 12.3 Å². The third-order valence-electron chi connectivity index (χ3n) is 8.09. The van der Waals surface area contributed by atoms with Gasteiger partial charge >= 0.3 is 5.97 Å². The Labute approximate surface area is 298 Å². The Bertz CT molecular complexity index is 1810. The molecule has 1 amide bonds. The second kappa shape index (κ2) is 19.7. The number of nitrogens with two attached hydrogens (primary N) is 1. The van der Waals surface area contributed by atoms with Gasteiger partial charge in [-0.15, -0.1) is 0 Å². The molecule has 0 radical (unpaired) electrons. The summed E-state index contributed by atoms with van der Waals surface area (Å²) in [6.45, 7) is 16.1. The molecule has 12 nitrogen and oxygen atoms in total. The van der Waals surface area contributed by atoms with Crippen LogP contribution in [0.1, 0.15) is 70.1 Å². The standard InChI is InChI=1S/C32H37FN8.C5H10O2.CH3NO/c1-21(2)29-19-39-40-20-38-32(37-17-23-10-13-34-14-11-23)41-31(29)36-18-26-6-4-5-7-27(26)30-28-9-8-24(22(3)33)16-25(28)12-15-35-30;1-5(2,3)4(6)7;2-1-3/h4-9,12,15-16,19-21,23,34,39H,3,10-11,13-14,17-18H2,1-2H3,(H2,36,37,38,40,41);1-3H3,(H,6,7);1H,(H2,2,3). The van der Waals surface area contributed by atoms with Gasteiger partial charge in [0, 0.05) is 47.6 Å². The van der Waals surface area contributed by atoms with Crippen molar-refractivity contribution in [1.82, 2.24) is 30.5 Å². The number of anilines is 2. The number of amides is 1. The largest absolute Gasteiger partial charge is 0.481 e. The van der Waals surface area contributed by atoms with Crippen molar-refractivity contribution in [2.45, 2.75) is 59.9 Å². The van der Waals surface area contributed by atoms with Gasteiger partial charge in [0.2, 0.25) is 12.4 Å². The van der Waals surface area contributed by atoms with Crippen molar-refractivity contribution >= 4 is 40.7 Å². The van der Waals surface area contributed by atoms with Gasteiger partial charge in [-0.1, -0.05) is 56.8 Å². The number of nitrogens with zero attached hydrogens (tertiary/aromatic N) is 4. The van der Waals surface area contributed by atoms with Gasteiger partial charge < -0.3 is 26.8 Å². The SMILES string of the molecule is C=C(F)c1ccc2c(-c3ccccc3CNc3nc(NCC4CCNCC4)ncn[nH]cc3C(C)C)nccc2c1.CC(C)(C)C(=O)O.NC=O. The highest BCUT2D eigenvalue weighted by molar-refractivity contribution is 5.96. The molecule has 0 aliphatic carbocycles. The predicted molar refractivity (Wildman–Crippen MR) is 202 cm³/mol. The van der Waals surface area contributed by atoms with Crippen LogP contribution in [0.2, 0.25) is 0 Å². The van der Waals surface area contributed by atoms with Gasteiger partial charge in [0.25, 0.3) is 0 Å². The van der Waals surface area contributed by atoms with Gasteiger partial charge in [0.05, 0.1) is 11.1 Å². The summed E-state index contributed by atoms with van der Waals surface area (Å²) in [7, 11) is 0. The molecule has 1 saturated heterocycles. The van der Waals surface area contributed by atoms with E-state index in [1.807, 2.05) is 36.5 Å². The van der Waals surface area contributed by atoms with Gasteiger partial charge in [-0.25, -0.2) is 4.39 Å². The van der Waals surface area contributed by atoms with Crippen molar-refractivity contribution in [2.75, 3.05) is 30.3 Å². The van der Waals surface area contributed by atoms with Crippen molar-refractivity contribution in [3.05, 3.63) is 90.5 Å². The third kappa shape index (κ3) is 12.4. The molecule has 0 unspecified atom stereocenters. The molecule has 7 N–H and O–H groups in total. The molecule has 0 bridgehead atoms. The summed E-state index contributed by atoms with van der Waals surface area (Å²) in [4.78, 5) is 32.8. The van der Waals surface area contributed by atoms with E-state index in [0.717, 1.165) is 71.5 Å². The molecule has 1 aliphatic heterocycles. The molecule has 5 rings (SSSR count). The summed E-state index contributed by atoms with van der Waals surface area (Å²) < 4.78 is 13.8. The van der Waals surface area contributed by atoms with Crippen LogP contribution < -0.4 is 21.7 Å². The van der Waals surface area contributed by atoms with E-state index < -0.39 is 17.2 Å². The summed E-state index contributed by atoms with van der Waals surface area (Å²) in [6.07, 6.45) is 7.62. The number of aliphatic carboxylic acids is 1.